The molecular weight excluding hydrogens is 401 g/mol. The normalized spacial score (nSPS) is 11.6. The summed E-state index contributed by atoms with van der Waals surface area (Å²) < 4.78 is 44.5. The SMILES string of the molecule is O=c1c(-c2cccc(OC(F)(F)F)c2)c(O)n(Cc2cncnc2)c2cccc[n+]12. The molecule has 0 saturated carbocycles. The maximum Gasteiger partial charge on any atom is 0.573 e. The number of halogens is 3. The van der Waals surface area contributed by atoms with Gasteiger partial charge in [0.25, 0.3) is 11.5 Å². The van der Waals surface area contributed by atoms with Crippen LogP contribution >= 0.6 is 0 Å². The molecule has 0 aliphatic carbocycles. The minimum absolute atomic E-state index is 0.0792. The molecule has 1 aromatic carbocycles. The van der Waals surface area contributed by atoms with Crippen LogP contribution in [0.3, 0.4) is 0 Å². The third kappa shape index (κ3) is 3.79. The van der Waals surface area contributed by atoms with Gasteiger partial charge >= 0.3 is 11.9 Å². The number of fused-ring (bicyclic) bond motifs is 1. The quantitative estimate of drug-likeness (QED) is 0.519. The summed E-state index contributed by atoms with van der Waals surface area (Å²) in [6, 6.07) is 9.86. The Kier molecular flexibility index (Phi) is 4.82. The highest BCUT2D eigenvalue weighted by atomic mass is 19.4. The van der Waals surface area contributed by atoms with Crippen molar-refractivity contribution in [2.75, 3.05) is 0 Å². The van der Waals surface area contributed by atoms with Gasteiger partial charge < -0.3 is 9.84 Å². The van der Waals surface area contributed by atoms with E-state index in [1.54, 1.807) is 30.6 Å². The number of hydrogen-bond acceptors (Lipinski definition) is 5. The van der Waals surface area contributed by atoms with E-state index in [1.165, 1.54) is 33.6 Å². The molecule has 3 aromatic heterocycles. The van der Waals surface area contributed by atoms with Gasteiger partial charge in [-0.3, -0.25) is 0 Å². The predicted octanol–water partition coefficient (Wildman–Crippen LogP) is 2.70. The number of aromatic hydroxyl groups is 1. The largest absolute Gasteiger partial charge is 0.573 e. The number of nitrogens with zero attached hydrogens (tertiary/aromatic N) is 4. The summed E-state index contributed by atoms with van der Waals surface area (Å²) in [4.78, 5) is 20.9. The van der Waals surface area contributed by atoms with Gasteiger partial charge in [0.05, 0.1) is 6.20 Å². The number of benzene rings is 1. The number of hydrogen-bond donors (Lipinski definition) is 1. The van der Waals surface area contributed by atoms with Crippen molar-refractivity contribution >= 4 is 5.65 Å². The van der Waals surface area contributed by atoms with Gasteiger partial charge in [-0.25, -0.2) is 14.8 Å². The molecule has 7 nitrogen and oxygen atoms in total. The van der Waals surface area contributed by atoms with Crippen LogP contribution in [0.4, 0.5) is 13.2 Å². The topological polar surface area (TPSA) is 81.3 Å². The van der Waals surface area contributed by atoms with Crippen LogP contribution in [0.2, 0.25) is 0 Å². The summed E-state index contributed by atoms with van der Waals surface area (Å²) >= 11 is 0. The average molecular weight is 415 g/mol. The monoisotopic (exact) mass is 415 g/mol. The Morgan fingerprint density at radius 1 is 1.10 bits per heavy atom. The highest BCUT2D eigenvalue weighted by Gasteiger charge is 2.32. The smallest absolute Gasteiger partial charge is 0.477 e. The molecule has 4 aromatic rings. The average Bonchev–Trinajstić information content (AvgIpc) is 2.71. The molecule has 30 heavy (non-hydrogen) atoms. The van der Waals surface area contributed by atoms with Gasteiger partial charge in [-0.15, -0.1) is 13.2 Å². The zero-order valence-electron chi connectivity index (χ0n) is 15.2. The summed E-state index contributed by atoms with van der Waals surface area (Å²) in [6.07, 6.45) is 1.10. The third-order valence-electron chi connectivity index (χ3n) is 4.34. The summed E-state index contributed by atoms with van der Waals surface area (Å²) in [5, 5.41) is 11.0. The molecule has 0 fully saturated rings. The van der Waals surface area contributed by atoms with E-state index >= 15 is 0 Å². The molecule has 3 heterocycles. The van der Waals surface area contributed by atoms with Crippen molar-refractivity contribution in [1.82, 2.24) is 14.5 Å². The van der Waals surface area contributed by atoms with Gasteiger partial charge in [0.1, 0.15) is 18.6 Å². The number of alkyl halides is 3. The molecule has 0 bridgehead atoms. The number of aromatic nitrogens is 4. The highest BCUT2D eigenvalue weighted by Crippen LogP contribution is 2.31. The van der Waals surface area contributed by atoms with Gasteiger partial charge in [-0.05, 0) is 18.2 Å². The molecule has 10 heteroatoms. The lowest BCUT2D eigenvalue weighted by molar-refractivity contribution is -0.532. The molecule has 0 atom stereocenters. The van der Waals surface area contributed by atoms with Crippen LogP contribution < -0.4 is 14.7 Å². The van der Waals surface area contributed by atoms with Crippen molar-refractivity contribution in [1.29, 1.82) is 0 Å². The van der Waals surface area contributed by atoms with Crippen molar-refractivity contribution < 1.29 is 27.4 Å². The zero-order chi connectivity index (χ0) is 21.3. The van der Waals surface area contributed by atoms with Gasteiger partial charge in [0, 0.05) is 29.6 Å². The summed E-state index contributed by atoms with van der Waals surface area (Å²) in [7, 11) is 0. The molecule has 0 amide bonds. The van der Waals surface area contributed by atoms with Gasteiger partial charge in [0.2, 0.25) is 0 Å². The van der Waals surface area contributed by atoms with Crippen LogP contribution in [0.25, 0.3) is 16.8 Å². The molecule has 4 rings (SSSR count). The Morgan fingerprint density at radius 2 is 1.87 bits per heavy atom. The lowest BCUT2D eigenvalue weighted by atomic mass is 10.1. The van der Waals surface area contributed by atoms with Crippen molar-refractivity contribution in [3.63, 3.8) is 0 Å². The second-order valence-corrected chi connectivity index (χ2v) is 6.34. The van der Waals surface area contributed by atoms with E-state index in [0.29, 0.717) is 11.2 Å². The van der Waals surface area contributed by atoms with Crippen molar-refractivity contribution in [3.05, 3.63) is 83.3 Å². The second-order valence-electron chi connectivity index (χ2n) is 6.34. The van der Waals surface area contributed by atoms with Crippen LogP contribution in [0.15, 0.2) is 72.2 Å². The summed E-state index contributed by atoms with van der Waals surface area (Å²) in [5.41, 5.74) is 0.365. The van der Waals surface area contributed by atoms with E-state index in [2.05, 4.69) is 14.7 Å². The number of pyridine rings is 1. The van der Waals surface area contributed by atoms with Gasteiger partial charge in [0.15, 0.2) is 5.56 Å². The maximum atomic E-state index is 13.1. The Bertz CT molecular complexity index is 1270. The number of ether oxygens (including phenoxy) is 1. The van der Waals surface area contributed by atoms with E-state index in [0.717, 1.165) is 12.1 Å². The van der Waals surface area contributed by atoms with E-state index < -0.39 is 23.6 Å². The first-order valence-corrected chi connectivity index (χ1v) is 8.70. The third-order valence-corrected chi connectivity index (χ3v) is 4.34. The fourth-order valence-corrected chi connectivity index (χ4v) is 3.14. The minimum Gasteiger partial charge on any atom is -0.477 e. The molecule has 152 valence electrons. The van der Waals surface area contributed by atoms with E-state index in [-0.39, 0.29) is 17.7 Å². The lowest BCUT2D eigenvalue weighted by Gasteiger charge is -2.12. The second kappa shape index (κ2) is 7.47. The van der Waals surface area contributed by atoms with Crippen molar-refractivity contribution in [2.45, 2.75) is 12.9 Å². The van der Waals surface area contributed by atoms with Crippen molar-refractivity contribution in [3.8, 4) is 22.8 Å². The van der Waals surface area contributed by atoms with Crippen LogP contribution in [0.5, 0.6) is 11.6 Å². The van der Waals surface area contributed by atoms with Crippen LogP contribution in [0.1, 0.15) is 5.56 Å². The lowest BCUT2D eigenvalue weighted by Crippen LogP contribution is -2.43. The first-order valence-electron chi connectivity index (χ1n) is 8.70. The molecule has 0 saturated heterocycles. The Morgan fingerprint density at radius 3 is 2.60 bits per heavy atom. The molecule has 1 N–H and O–H groups in total. The molecular formula is C20H14F3N4O3+. The molecule has 0 radical (unpaired) electrons. The Hall–Kier alpha value is -3.95. The highest BCUT2D eigenvalue weighted by molar-refractivity contribution is 5.69. The van der Waals surface area contributed by atoms with Crippen LogP contribution in [-0.2, 0) is 6.54 Å². The van der Waals surface area contributed by atoms with Crippen LogP contribution in [0, 0.1) is 0 Å². The van der Waals surface area contributed by atoms with E-state index in [4.69, 9.17) is 0 Å². The molecule has 0 aliphatic heterocycles. The first kappa shape index (κ1) is 19.4. The zero-order valence-corrected chi connectivity index (χ0v) is 15.2. The Balaban J connectivity index is 1.93. The fraction of sp³-hybridized carbons (Fsp3) is 0.100. The summed E-state index contributed by atoms with van der Waals surface area (Å²) in [6.45, 7) is 0.131. The molecule has 0 spiro atoms. The number of rotatable bonds is 4. The first-order chi connectivity index (χ1) is 14.3. The summed E-state index contributed by atoms with van der Waals surface area (Å²) in [5.74, 6) is -0.904. The molecule has 0 unspecified atom stereocenters. The fourth-order valence-electron chi connectivity index (χ4n) is 3.14. The van der Waals surface area contributed by atoms with Gasteiger partial charge in [-0.2, -0.15) is 8.97 Å². The molecule has 0 aliphatic rings. The maximum absolute atomic E-state index is 13.1. The predicted molar refractivity (Wildman–Crippen MR) is 98.8 cm³/mol. The van der Waals surface area contributed by atoms with Gasteiger partial charge in [-0.1, -0.05) is 18.2 Å². The van der Waals surface area contributed by atoms with Crippen LogP contribution in [-0.4, -0.2) is 26.0 Å². The van der Waals surface area contributed by atoms with E-state index in [1.807, 2.05) is 0 Å². The minimum atomic E-state index is -4.88. The standard InChI is InChI=1S/C20H13F3N4O3/c21-20(22,23)30-15-5-3-4-14(8-15)17-18(28)26-7-2-1-6-16(26)27(19(17)29)11-13-9-24-12-25-10-13/h1-10,12H,11H2/p+1. The van der Waals surface area contributed by atoms with E-state index in [9.17, 15) is 23.1 Å². The van der Waals surface area contributed by atoms with Crippen molar-refractivity contribution in [2.24, 2.45) is 0 Å². The Labute approximate surface area is 167 Å².